The molecule has 0 bridgehead atoms. The fourth-order valence-corrected chi connectivity index (χ4v) is 3.51. The van der Waals surface area contributed by atoms with E-state index in [9.17, 15) is 9.90 Å². The van der Waals surface area contributed by atoms with Crippen molar-refractivity contribution < 1.29 is 14.6 Å². The summed E-state index contributed by atoms with van der Waals surface area (Å²) in [5.41, 5.74) is 1.90. The lowest BCUT2D eigenvalue weighted by Crippen LogP contribution is -2.50. The van der Waals surface area contributed by atoms with Crippen molar-refractivity contribution >= 4 is 16.8 Å². The normalized spacial score (nSPS) is 20.7. The van der Waals surface area contributed by atoms with Crippen LogP contribution in [0.1, 0.15) is 25.8 Å². The number of amides is 1. The molecule has 5 nitrogen and oxygen atoms in total. The number of ether oxygens (including phenoxy) is 1. The van der Waals surface area contributed by atoms with Crippen molar-refractivity contribution in [1.29, 1.82) is 0 Å². The van der Waals surface area contributed by atoms with E-state index in [4.69, 9.17) is 4.74 Å². The predicted molar refractivity (Wildman–Crippen MR) is 89.5 cm³/mol. The average molecular weight is 316 g/mol. The van der Waals surface area contributed by atoms with Crippen molar-refractivity contribution in [2.24, 2.45) is 5.41 Å². The number of aromatic nitrogens is 1. The highest BCUT2D eigenvalue weighted by Gasteiger charge is 2.34. The van der Waals surface area contributed by atoms with Gasteiger partial charge in [0.15, 0.2) is 0 Å². The van der Waals surface area contributed by atoms with E-state index < -0.39 is 6.10 Å². The zero-order valence-electron chi connectivity index (χ0n) is 13.9. The molecule has 1 amide bonds. The Balaban J connectivity index is 1.77. The Morgan fingerprint density at radius 1 is 1.48 bits per heavy atom. The number of aliphatic hydroxyl groups is 1. The summed E-state index contributed by atoms with van der Waals surface area (Å²) in [4.78, 5) is 17.6. The van der Waals surface area contributed by atoms with Gasteiger partial charge in [-0.1, -0.05) is 13.8 Å². The van der Waals surface area contributed by atoms with Gasteiger partial charge < -0.3 is 19.7 Å². The number of likely N-dealkylation sites (tertiary alicyclic amines) is 1. The first-order valence-electron chi connectivity index (χ1n) is 7.98. The first-order valence-corrected chi connectivity index (χ1v) is 7.98. The van der Waals surface area contributed by atoms with E-state index in [2.05, 4.69) is 18.8 Å². The molecule has 0 aliphatic carbocycles. The molecule has 124 valence electrons. The van der Waals surface area contributed by atoms with Crippen LogP contribution in [-0.2, 0) is 11.2 Å². The maximum atomic E-state index is 12.6. The van der Waals surface area contributed by atoms with Crippen molar-refractivity contribution in [1.82, 2.24) is 9.88 Å². The Labute approximate surface area is 136 Å². The maximum absolute atomic E-state index is 12.6. The van der Waals surface area contributed by atoms with Gasteiger partial charge in [-0.25, -0.2) is 0 Å². The number of aliphatic hydroxyl groups excluding tert-OH is 1. The average Bonchev–Trinajstić information content (AvgIpc) is 2.87. The molecule has 3 rings (SSSR count). The Morgan fingerprint density at radius 2 is 2.26 bits per heavy atom. The van der Waals surface area contributed by atoms with Crippen LogP contribution in [0, 0.1) is 5.41 Å². The van der Waals surface area contributed by atoms with Gasteiger partial charge in [-0.2, -0.15) is 0 Å². The number of hydrogen-bond donors (Lipinski definition) is 2. The smallest absolute Gasteiger partial charge is 0.227 e. The number of hydrogen-bond acceptors (Lipinski definition) is 3. The second kappa shape index (κ2) is 5.89. The van der Waals surface area contributed by atoms with Crippen LogP contribution in [0.4, 0.5) is 0 Å². The third-order valence-electron chi connectivity index (χ3n) is 4.51. The van der Waals surface area contributed by atoms with Crippen molar-refractivity contribution in [2.75, 3.05) is 20.2 Å². The van der Waals surface area contributed by atoms with Crippen molar-refractivity contribution in [2.45, 2.75) is 32.8 Å². The molecular weight excluding hydrogens is 292 g/mol. The zero-order valence-corrected chi connectivity index (χ0v) is 13.9. The molecule has 0 saturated carbocycles. The molecule has 2 N–H and O–H groups in total. The Bertz CT molecular complexity index is 720. The molecular formula is C18H24N2O3. The molecule has 2 aromatic rings. The minimum Gasteiger partial charge on any atom is -0.497 e. The van der Waals surface area contributed by atoms with E-state index in [1.165, 1.54) is 0 Å². The van der Waals surface area contributed by atoms with E-state index in [1.807, 2.05) is 24.4 Å². The number of H-pyrrole nitrogens is 1. The lowest BCUT2D eigenvalue weighted by molar-refractivity contribution is -0.136. The van der Waals surface area contributed by atoms with Crippen LogP contribution < -0.4 is 4.74 Å². The van der Waals surface area contributed by atoms with Crippen molar-refractivity contribution in [3.63, 3.8) is 0 Å². The Hall–Kier alpha value is -2.01. The highest BCUT2D eigenvalue weighted by Crippen LogP contribution is 2.30. The topological polar surface area (TPSA) is 65.6 Å². The summed E-state index contributed by atoms with van der Waals surface area (Å²) in [7, 11) is 1.64. The third-order valence-corrected chi connectivity index (χ3v) is 4.51. The first kappa shape index (κ1) is 15.9. The summed E-state index contributed by atoms with van der Waals surface area (Å²) >= 11 is 0. The van der Waals surface area contributed by atoms with E-state index in [1.54, 1.807) is 12.0 Å². The van der Waals surface area contributed by atoms with Gasteiger partial charge in [0.25, 0.3) is 0 Å². The van der Waals surface area contributed by atoms with Gasteiger partial charge in [-0.15, -0.1) is 0 Å². The van der Waals surface area contributed by atoms with Gasteiger partial charge in [0.1, 0.15) is 5.75 Å². The first-order chi connectivity index (χ1) is 10.9. The number of methoxy groups -OCH3 is 1. The van der Waals surface area contributed by atoms with Gasteiger partial charge in [0.2, 0.25) is 5.91 Å². The monoisotopic (exact) mass is 316 g/mol. The molecule has 1 saturated heterocycles. The molecule has 1 fully saturated rings. The summed E-state index contributed by atoms with van der Waals surface area (Å²) in [6.45, 7) is 5.30. The van der Waals surface area contributed by atoms with Crippen LogP contribution in [0.2, 0.25) is 0 Å². The number of aromatic amines is 1. The largest absolute Gasteiger partial charge is 0.497 e. The van der Waals surface area contributed by atoms with E-state index >= 15 is 0 Å². The van der Waals surface area contributed by atoms with Crippen LogP contribution in [0.3, 0.4) is 0 Å². The van der Waals surface area contributed by atoms with E-state index in [-0.39, 0.29) is 11.3 Å². The molecule has 5 heteroatoms. The van der Waals surface area contributed by atoms with Crippen LogP contribution in [0.5, 0.6) is 5.75 Å². The molecule has 1 aromatic carbocycles. The van der Waals surface area contributed by atoms with E-state index in [0.717, 1.165) is 28.6 Å². The summed E-state index contributed by atoms with van der Waals surface area (Å²) in [5.74, 6) is 0.853. The second-order valence-electron chi connectivity index (χ2n) is 7.20. The number of fused-ring (bicyclic) bond motifs is 1. The molecule has 1 atom stereocenters. The van der Waals surface area contributed by atoms with Gasteiger partial charge in [-0.05, 0) is 29.5 Å². The minimum absolute atomic E-state index is 0.0408. The molecule has 1 aromatic heterocycles. The fraction of sp³-hybridized carbons (Fsp3) is 0.500. The summed E-state index contributed by atoms with van der Waals surface area (Å²) in [6.07, 6.45) is 2.53. The standard InChI is InChI=1S/C18H24N2O3/c1-18(2)8-13(21)10-20(11-18)17(22)6-12-9-19-16-7-14(23-3)4-5-15(12)16/h4-5,7,9,13,19,21H,6,8,10-11H2,1-3H3. The summed E-state index contributed by atoms with van der Waals surface area (Å²) in [5, 5.41) is 11.0. The van der Waals surface area contributed by atoms with Crippen LogP contribution in [0.15, 0.2) is 24.4 Å². The van der Waals surface area contributed by atoms with Gasteiger partial charge in [-0.3, -0.25) is 4.79 Å². The lowest BCUT2D eigenvalue weighted by atomic mass is 9.82. The number of nitrogens with one attached hydrogen (secondary N) is 1. The lowest BCUT2D eigenvalue weighted by Gasteiger charge is -2.40. The van der Waals surface area contributed by atoms with E-state index in [0.29, 0.717) is 19.5 Å². The molecule has 0 radical (unpaired) electrons. The Morgan fingerprint density at radius 3 is 2.96 bits per heavy atom. The predicted octanol–water partition coefficient (Wildman–Crippen LogP) is 2.34. The highest BCUT2D eigenvalue weighted by molar-refractivity contribution is 5.89. The van der Waals surface area contributed by atoms with Gasteiger partial charge in [0.05, 0.1) is 19.6 Å². The number of rotatable bonds is 3. The van der Waals surface area contributed by atoms with Crippen LogP contribution in [0.25, 0.3) is 10.9 Å². The number of carbonyl (C=O) groups excluding carboxylic acids is 1. The quantitative estimate of drug-likeness (QED) is 0.913. The van der Waals surface area contributed by atoms with Gasteiger partial charge >= 0.3 is 0 Å². The molecule has 1 unspecified atom stereocenters. The van der Waals surface area contributed by atoms with Gasteiger partial charge in [0, 0.05) is 36.3 Å². The molecule has 1 aliphatic rings. The SMILES string of the molecule is COc1ccc2c(CC(=O)N3CC(O)CC(C)(C)C3)c[nH]c2c1. The molecule has 2 heterocycles. The number of β-amino-alcohol motifs (C(OH)–C–C–N with tert-alkyl or cyclic N) is 1. The second-order valence-corrected chi connectivity index (χ2v) is 7.20. The van der Waals surface area contributed by atoms with Crippen molar-refractivity contribution in [3.8, 4) is 5.75 Å². The summed E-state index contributed by atoms with van der Waals surface area (Å²) in [6, 6.07) is 5.80. The Kier molecular flexibility index (Phi) is 4.06. The minimum atomic E-state index is -0.435. The summed E-state index contributed by atoms with van der Waals surface area (Å²) < 4.78 is 5.22. The van der Waals surface area contributed by atoms with Crippen LogP contribution >= 0.6 is 0 Å². The number of carbonyl (C=O) groups is 1. The molecule has 0 spiro atoms. The third kappa shape index (κ3) is 3.34. The maximum Gasteiger partial charge on any atom is 0.227 e. The van der Waals surface area contributed by atoms with Crippen LogP contribution in [-0.4, -0.2) is 47.2 Å². The highest BCUT2D eigenvalue weighted by atomic mass is 16.5. The number of nitrogens with zero attached hydrogens (tertiary/aromatic N) is 1. The molecule has 1 aliphatic heterocycles. The number of benzene rings is 1. The zero-order chi connectivity index (χ0) is 16.6. The number of piperidine rings is 1. The van der Waals surface area contributed by atoms with Crippen molar-refractivity contribution in [3.05, 3.63) is 30.0 Å². The fourth-order valence-electron chi connectivity index (χ4n) is 3.51. The molecule has 23 heavy (non-hydrogen) atoms.